The third kappa shape index (κ3) is 2.24. The van der Waals surface area contributed by atoms with Crippen LogP contribution in [-0.4, -0.2) is 35.1 Å². The minimum absolute atomic E-state index is 0.195. The lowest BCUT2D eigenvalue weighted by Crippen LogP contribution is -2.23. The third-order valence-corrected chi connectivity index (χ3v) is 2.75. The number of benzene rings is 1. The second kappa shape index (κ2) is 4.33. The first-order valence-corrected chi connectivity index (χ1v) is 5.56. The van der Waals surface area contributed by atoms with Crippen molar-refractivity contribution in [1.82, 2.24) is 14.5 Å². The number of aromatic nitrogens is 2. The Bertz CT molecular complexity index is 533. The minimum atomic E-state index is -0.289. The Labute approximate surface area is 99.8 Å². The Morgan fingerprint density at radius 3 is 2.82 bits per heavy atom. The standard InChI is InChI=1S/C12H17FN4/c1-8(7-16(2)3)17-11-5-4-9(13)6-10(11)15-12(17)14/h4-6,8H,7H2,1-3H3,(H2,14,15). The molecule has 0 saturated heterocycles. The van der Waals surface area contributed by atoms with Crippen molar-refractivity contribution in [3.05, 3.63) is 24.0 Å². The molecular formula is C12H17FN4. The number of hydrogen-bond acceptors (Lipinski definition) is 3. The fourth-order valence-corrected chi connectivity index (χ4v) is 2.16. The lowest BCUT2D eigenvalue weighted by atomic mass is 10.2. The van der Waals surface area contributed by atoms with Crippen molar-refractivity contribution < 1.29 is 4.39 Å². The Morgan fingerprint density at radius 2 is 2.18 bits per heavy atom. The van der Waals surface area contributed by atoms with Crippen LogP contribution in [0.15, 0.2) is 18.2 Å². The van der Waals surface area contributed by atoms with Crippen molar-refractivity contribution in [3.8, 4) is 0 Å². The number of hydrogen-bond donors (Lipinski definition) is 1. The van der Waals surface area contributed by atoms with Gasteiger partial charge in [-0.05, 0) is 33.2 Å². The molecule has 1 unspecified atom stereocenters. The molecule has 2 aromatic rings. The second-order valence-corrected chi connectivity index (χ2v) is 4.58. The van der Waals surface area contributed by atoms with Gasteiger partial charge >= 0.3 is 0 Å². The summed E-state index contributed by atoms with van der Waals surface area (Å²) in [5.41, 5.74) is 7.37. The second-order valence-electron chi connectivity index (χ2n) is 4.58. The van der Waals surface area contributed by atoms with E-state index in [2.05, 4.69) is 16.8 Å². The molecule has 0 fully saturated rings. The van der Waals surface area contributed by atoms with Gasteiger partial charge in [0.15, 0.2) is 0 Å². The molecule has 1 heterocycles. The summed E-state index contributed by atoms with van der Waals surface area (Å²) >= 11 is 0. The van der Waals surface area contributed by atoms with E-state index in [0.717, 1.165) is 12.1 Å². The highest BCUT2D eigenvalue weighted by Gasteiger charge is 2.14. The van der Waals surface area contributed by atoms with Crippen molar-refractivity contribution in [3.63, 3.8) is 0 Å². The lowest BCUT2D eigenvalue weighted by Gasteiger charge is -2.20. The van der Waals surface area contributed by atoms with E-state index in [1.807, 2.05) is 18.7 Å². The Hall–Kier alpha value is -1.62. The molecule has 1 aromatic heterocycles. The number of nitrogen functional groups attached to an aromatic ring is 1. The molecule has 0 aliphatic carbocycles. The smallest absolute Gasteiger partial charge is 0.201 e. The van der Waals surface area contributed by atoms with E-state index in [9.17, 15) is 4.39 Å². The Morgan fingerprint density at radius 1 is 1.47 bits per heavy atom. The molecule has 2 rings (SSSR count). The molecule has 1 aromatic carbocycles. The van der Waals surface area contributed by atoms with Gasteiger partial charge < -0.3 is 15.2 Å². The van der Waals surface area contributed by atoms with Crippen LogP contribution in [0.3, 0.4) is 0 Å². The average Bonchev–Trinajstić information content (AvgIpc) is 2.51. The van der Waals surface area contributed by atoms with Gasteiger partial charge in [0.2, 0.25) is 5.95 Å². The monoisotopic (exact) mass is 236 g/mol. The molecule has 0 bridgehead atoms. The molecule has 1 atom stereocenters. The number of fused-ring (bicyclic) bond motifs is 1. The SMILES string of the molecule is CC(CN(C)C)n1c(N)nc2cc(F)ccc21. The van der Waals surface area contributed by atoms with Crippen LogP contribution < -0.4 is 5.73 Å². The van der Waals surface area contributed by atoms with E-state index in [1.54, 1.807) is 6.07 Å². The van der Waals surface area contributed by atoms with Crippen LogP contribution in [0, 0.1) is 5.82 Å². The fraction of sp³-hybridized carbons (Fsp3) is 0.417. The summed E-state index contributed by atoms with van der Waals surface area (Å²) in [4.78, 5) is 6.27. The first-order valence-electron chi connectivity index (χ1n) is 5.56. The Balaban J connectivity index is 2.49. The van der Waals surface area contributed by atoms with Crippen molar-refractivity contribution in [1.29, 1.82) is 0 Å². The molecular weight excluding hydrogens is 219 g/mol. The topological polar surface area (TPSA) is 47.1 Å². The predicted molar refractivity (Wildman–Crippen MR) is 67.4 cm³/mol. The summed E-state index contributed by atoms with van der Waals surface area (Å²) in [6.07, 6.45) is 0. The summed E-state index contributed by atoms with van der Waals surface area (Å²) in [7, 11) is 4.01. The number of halogens is 1. The van der Waals surface area contributed by atoms with E-state index >= 15 is 0 Å². The van der Waals surface area contributed by atoms with Crippen molar-refractivity contribution in [2.45, 2.75) is 13.0 Å². The van der Waals surface area contributed by atoms with Crippen LogP contribution in [0.4, 0.5) is 10.3 Å². The van der Waals surface area contributed by atoms with Gasteiger partial charge in [0.05, 0.1) is 11.0 Å². The van der Waals surface area contributed by atoms with Gasteiger partial charge in [0, 0.05) is 18.7 Å². The Kier molecular flexibility index (Phi) is 3.02. The molecule has 0 radical (unpaired) electrons. The maximum Gasteiger partial charge on any atom is 0.201 e. The molecule has 2 N–H and O–H groups in total. The van der Waals surface area contributed by atoms with E-state index in [-0.39, 0.29) is 11.9 Å². The van der Waals surface area contributed by atoms with Crippen LogP contribution in [0.2, 0.25) is 0 Å². The van der Waals surface area contributed by atoms with Gasteiger partial charge in [0.25, 0.3) is 0 Å². The number of imidazole rings is 1. The quantitative estimate of drug-likeness (QED) is 0.885. The number of nitrogens with zero attached hydrogens (tertiary/aromatic N) is 3. The highest BCUT2D eigenvalue weighted by molar-refractivity contribution is 5.78. The third-order valence-electron chi connectivity index (χ3n) is 2.75. The summed E-state index contributed by atoms with van der Waals surface area (Å²) < 4.78 is 15.0. The zero-order chi connectivity index (χ0) is 12.6. The van der Waals surface area contributed by atoms with Crippen LogP contribution >= 0.6 is 0 Å². The van der Waals surface area contributed by atoms with Gasteiger partial charge in [-0.15, -0.1) is 0 Å². The predicted octanol–water partition coefficient (Wildman–Crippen LogP) is 1.88. The van der Waals surface area contributed by atoms with Crippen molar-refractivity contribution >= 4 is 17.0 Å². The maximum atomic E-state index is 13.1. The molecule has 0 amide bonds. The normalized spacial score (nSPS) is 13.5. The van der Waals surface area contributed by atoms with E-state index in [1.165, 1.54) is 12.1 Å². The maximum absolute atomic E-state index is 13.1. The van der Waals surface area contributed by atoms with Gasteiger partial charge in [-0.25, -0.2) is 9.37 Å². The van der Waals surface area contributed by atoms with Crippen LogP contribution in [-0.2, 0) is 0 Å². The van der Waals surface area contributed by atoms with Crippen LogP contribution in [0.5, 0.6) is 0 Å². The summed E-state index contributed by atoms with van der Waals surface area (Å²) in [6, 6.07) is 4.76. The van der Waals surface area contributed by atoms with Gasteiger partial charge in [-0.2, -0.15) is 0 Å². The number of nitrogens with two attached hydrogens (primary N) is 1. The number of anilines is 1. The molecule has 17 heavy (non-hydrogen) atoms. The summed E-state index contributed by atoms with van der Waals surface area (Å²) in [5, 5.41) is 0. The minimum Gasteiger partial charge on any atom is -0.369 e. The summed E-state index contributed by atoms with van der Waals surface area (Å²) in [5.74, 6) is 0.141. The summed E-state index contributed by atoms with van der Waals surface area (Å²) in [6.45, 7) is 2.92. The van der Waals surface area contributed by atoms with Crippen LogP contribution in [0.1, 0.15) is 13.0 Å². The van der Waals surface area contributed by atoms with Gasteiger partial charge in [-0.3, -0.25) is 0 Å². The highest BCUT2D eigenvalue weighted by atomic mass is 19.1. The van der Waals surface area contributed by atoms with E-state index in [4.69, 9.17) is 5.73 Å². The molecule has 0 aliphatic rings. The number of likely N-dealkylation sites (N-methyl/N-ethyl adjacent to an activating group) is 1. The van der Waals surface area contributed by atoms with Gasteiger partial charge in [-0.1, -0.05) is 0 Å². The molecule has 0 spiro atoms. The van der Waals surface area contributed by atoms with Crippen LogP contribution in [0.25, 0.3) is 11.0 Å². The molecule has 0 aliphatic heterocycles. The zero-order valence-corrected chi connectivity index (χ0v) is 10.3. The highest BCUT2D eigenvalue weighted by Crippen LogP contribution is 2.23. The lowest BCUT2D eigenvalue weighted by molar-refractivity contribution is 0.342. The molecule has 92 valence electrons. The average molecular weight is 236 g/mol. The molecule has 5 heteroatoms. The fourth-order valence-electron chi connectivity index (χ4n) is 2.16. The van der Waals surface area contributed by atoms with E-state index < -0.39 is 0 Å². The van der Waals surface area contributed by atoms with E-state index in [0.29, 0.717) is 11.5 Å². The van der Waals surface area contributed by atoms with Crippen molar-refractivity contribution in [2.75, 3.05) is 26.4 Å². The first kappa shape index (κ1) is 11.9. The van der Waals surface area contributed by atoms with Crippen molar-refractivity contribution in [2.24, 2.45) is 0 Å². The molecule has 4 nitrogen and oxygen atoms in total. The largest absolute Gasteiger partial charge is 0.369 e. The van der Waals surface area contributed by atoms with Gasteiger partial charge in [0.1, 0.15) is 5.82 Å². The number of rotatable bonds is 3. The zero-order valence-electron chi connectivity index (χ0n) is 10.3. The molecule has 0 saturated carbocycles. The first-order chi connectivity index (χ1) is 7.99.